The first-order valence-electron chi connectivity index (χ1n) is 6.14. The molecule has 1 aromatic carbocycles. The van der Waals surface area contributed by atoms with E-state index in [0.717, 1.165) is 38.5 Å². The minimum Gasteiger partial charge on any atom is -0.496 e. The Bertz CT molecular complexity index is 361. The van der Waals surface area contributed by atoms with Gasteiger partial charge in [0.15, 0.2) is 0 Å². The normalized spacial score (nSPS) is 17.5. The van der Waals surface area contributed by atoms with Gasteiger partial charge in [-0.1, -0.05) is 25.1 Å². The van der Waals surface area contributed by atoms with Crippen molar-refractivity contribution in [2.24, 2.45) is 5.41 Å². The number of benzene rings is 1. The van der Waals surface area contributed by atoms with Gasteiger partial charge in [-0.2, -0.15) is 0 Å². The molecule has 17 heavy (non-hydrogen) atoms. The second-order valence-corrected chi connectivity index (χ2v) is 5.04. The zero-order valence-corrected chi connectivity index (χ0v) is 10.7. The standard InChI is InChI=1S/C14H21NO2/c1-14(10-17-11-14)9-15-8-7-12-5-3-4-6-13(12)16-2/h3-6,15H,7-11H2,1-2H3. The lowest BCUT2D eigenvalue weighted by molar-refractivity contribution is -0.0988. The van der Waals surface area contributed by atoms with E-state index in [2.05, 4.69) is 24.4 Å². The summed E-state index contributed by atoms with van der Waals surface area (Å²) in [4.78, 5) is 0. The Morgan fingerprint density at radius 1 is 1.35 bits per heavy atom. The van der Waals surface area contributed by atoms with E-state index in [-0.39, 0.29) is 0 Å². The van der Waals surface area contributed by atoms with Gasteiger partial charge in [0.1, 0.15) is 5.75 Å². The summed E-state index contributed by atoms with van der Waals surface area (Å²) < 4.78 is 10.6. The van der Waals surface area contributed by atoms with Crippen LogP contribution in [0.15, 0.2) is 24.3 Å². The quantitative estimate of drug-likeness (QED) is 0.763. The number of para-hydroxylation sites is 1. The van der Waals surface area contributed by atoms with Crippen LogP contribution in [0.2, 0.25) is 0 Å². The first-order valence-corrected chi connectivity index (χ1v) is 6.14. The van der Waals surface area contributed by atoms with E-state index in [9.17, 15) is 0 Å². The summed E-state index contributed by atoms with van der Waals surface area (Å²) in [6.07, 6.45) is 1.00. The largest absolute Gasteiger partial charge is 0.496 e. The van der Waals surface area contributed by atoms with E-state index in [0.29, 0.717) is 5.41 Å². The van der Waals surface area contributed by atoms with Crippen molar-refractivity contribution in [2.75, 3.05) is 33.4 Å². The maximum atomic E-state index is 5.33. The van der Waals surface area contributed by atoms with Gasteiger partial charge in [-0.05, 0) is 24.6 Å². The Labute approximate surface area is 103 Å². The molecule has 0 unspecified atom stereocenters. The number of nitrogens with one attached hydrogen (secondary N) is 1. The molecular weight excluding hydrogens is 214 g/mol. The van der Waals surface area contributed by atoms with Gasteiger partial charge in [-0.15, -0.1) is 0 Å². The second kappa shape index (κ2) is 5.52. The lowest BCUT2D eigenvalue weighted by Gasteiger charge is -2.38. The van der Waals surface area contributed by atoms with Gasteiger partial charge in [-0.3, -0.25) is 0 Å². The molecule has 0 bridgehead atoms. The Balaban J connectivity index is 1.74. The molecule has 1 saturated heterocycles. The highest BCUT2D eigenvalue weighted by Gasteiger charge is 2.32. The highest BCUT2D eigenvalue weighted by molar-refractivity contribution is 5.33. The third kappa shape index (κ3) is 3.20. The van der Waals surface area contributed by atoms with Crippen LogP contribution in [0, 0.1) is 5.41 Å². The van der Waals surface area contributed by atoms with Crippen LogP contribution >= 0.6 is 0 Å². The second-order valence-electron chi connectivity index (χ2n) is 5.04. The molecule has 1 heterocycles. The fraction of sp³-hybridized carbons (Fsp3) is 0.571. The molecule has 0 saturated carbocycles. The van der Waals surface area contributed by atoms with Crippen LogP contribution in [0.4, 0.5) is 0 Å². The first-order chi connectivity index (χ1) is 8.23. The van der Waals surface area contributed by atoms with Crippen molar-refractivity contribution < 1.29 is 9.47 Å². The van der Waals surface area contributed by atoms with Crippen LogP contribution in [0.3, 0.4) is 0 Å². The predicted octanol–water partition coefficient (Wildman–Crippen LogP) is 1.86. The molecule has 3 nitrogen and oxygen atoms in total. The lowest BCUT2D eigenvalue weighted by atomic mass is 9.89. The summed E-state index contributed by atoms with van der Waals surface area (Å²) in [5.74, 6) is 0.979. The van der Waals surface area contributed by atoms with Crippen molar-refractivity contribution in [3.8, 4) is 5.75 Å². The van der Waals surface area contributed by atoms with Gasteiger partial charge in [0.05, 0.1) is 20.3 Å². The molecule has 1 fully saturated rings. The SMILES string of the molecule is COc1ccccc1CCNCC1(C)COC1. The van der Waals surface area contributed by atoms with Gasteiger partial charge in [-0.25, -0.2) is 0 Å². The zero-order valence-electron chi connectivity index (χ0n) is 10.7. The highest BCUT2D eigenvalue weighted by atomic mass is 16.5. The van der Waals surface area contributed by atoms with E-state index < -0.39 is 0 Å². The van der Waals surface area contributed by atoms with Gasteiger partial charge in [0, 0.05) is 12.0 Å². The molecule has 0 spiro atoms. The van der Waals surface area contributed by atoms with E-state index >= 15 is 0 Å². The van der Waals surface area contributed by atoms with E-state index in [1.807, 2.05) is 12.1 Å². The summed E-state index contributed by atoms with van der Waals surface area (Å²) in [5, 5.41) is 3.49. The van der Waals surface area contributed by atoms with Crippen LogP contribution in [0.1, 0.15) is 12.5 Å². The molecule has 0 atom stereocenters. The molecule has 1 aliphatic heterocycles. The highest BCUT2D eigenvalue weighted by Crippen LogP contribution is 2.25. The third-order valence-corrected chi connectivity index (χ3v) is 3.22. The molecule has 1 aliphatic rings. The lowest BCUT2D eigenvalue weighted by Crippen LogP contribution is -2.47. The fourth-order valence-corrected chi connectivity index (χ4v) is 2.08. The summed E-state index contributed by atoms with van der Waals surface area (Å²) >= 11 is 0. The van der Waals surface area contributed by atoms with Crippen molar-refractivity contribution in [1.29, 1.82) is 0 Å². The number of ether oxygens (including phenoxy) is 2. The Morgan fingerprint density at radius 3 is 2.76 bits per heavy atom. The van der Waals surface area contributed by atoms with Crippen molar-refractivity contribution in [2.45, 2.75) is 13.3 Å². The van der Waals surface area contributed by atoms with Gasteiger partial charge in [0.25, 0.3) is 0 Å². The average molecular weight is 235 g/mol. The molecule has 2 rings (SSSR count). The summed E-state index contributed by atoms with van der Waals surface area (Å²) in [5.41, 5.74) is 1.61. The number of rotatable bonds is 6. The molecule has 1 N–H and O–H groups in total. The van der Waals surface area contributed by atoms with Crippen molar-refractivity contribution in [3.05, 3.63) is 29.8 Å². The van der Waals surface area contributed by atoms with Gasteiger partial charge >= 0.3 is 0 Å². The smallest absolute Gasteiger partial charge is 0.122 e. The molecule has 0 aromatic heterocycles. The number of hydrogen-bond acceptors (Lipinski definition) is 3. The maximum absolute atomic E-state index is 5.33. The predicted molar refractivity (Wildman–Crippen MR) is 68.5 cm³/mol. The van der Waals surface area contributed by atoms with Gasteiger partial charge < -0.3 is 14.8 Å². The maximum Gasteiger partial charge on any atom is 0.122 e. The first kappa shape index (κ1) is 12.4. The Morgan fingerprint density at radius 2 is 2.12 bits per heavy atom. The minimum absolute atomic E-state index is 0.348. The molecular formula is C14H21NO2. The molecule has 3 heteroatoms. The molecule has 0 radical (unpaired) electrons. The van der Waals surface area contributed by atoms with Crippen LogP contribution in [0.5, 0.6) is 5.75 Å². The molecule has 1 aromatic rings. The monoisotopic (exact) mass is 235 g/mol. The molecule has 0 amide bonds. The van der Waals surface area contributed by atoms with E-state index in [4.69, 9.17) is 9.47 Å². The van der Waals surface area contributed by atoms with Crippen LogP contribution < -0.4 is 10.1 Å². The van der Waals surface area contributed by atoms with Crippen LogP contribution in [-0.2, 0) is 11.2 Å². The van der Waals surface area contributed by atoms with E-state index in [1.54, 1.807) is 7.11 Å². The van der Waals surface area contributed by atoms with Gasteiger partial charge in [0.2, 0.25) is 0 Å². The molecule has 0 aliphatic carbocycles. The topological polar surface area (TPSA) is 30.5 Å². The van der Waals surface area contributed by atoms with E-state index in [1.165, 1.54) is 5.56 Å². The summed E-state index contributed by atoms with van der Waals surface area (Å²) in [7, 11) is 1.72. The number of methoxy groups -OCH3 is 1. The van der Waals surface area contributed by atoms with Crippen LogP contribution in [0.25, 0.3) is 0 Å². The Kier molecular flexibility index (Phi) is 4.02. The Hall–Kier alpha value is -1.06. The zero-order chi connectivity index (χ0) is 12.1. The minimum atomic E-state index is 0.348. The average Bonchev–Trinajstić information content (AvgIpc) is 2.33. The molecule has 94 valence electrons. The number of hydrogen-bond donors (Lipinski definition) is 1. The fourth-order valence-electron chi connectivity index (χ4n) is 2.08. The van der Waals surface area contributed by atoms with Crippen molar-refractivity contribution in [1.82, 2.24) is 5.32 Å². The van der Waals surface area contributed by atoms with Crippen LogP contribution in [-0.4, -0.2) is 33.4 Å². The third-order valence-electron chi connectivity index (χ3n) is 3.22. The van der Waals surface area contributed by atoms with Crippen molar-refractivity contribution >= 4 is 0 Å². The summed E-state index contributed by atoms with van der Waals surface area (Å²) in [6, 6.07) is 8.19. The van der Waals surface area contributed by atoms with Crippen molar-refractivity contribution in [3.63, 3.8) is 0 Å². The summed E-state index contributed by atoms with van der Waals surface area (Å²) in [6.45, 7) is 6.04.